The number of H-pyrrole nitrogens is 2. The normalized spacial score (nSPS) is 25.3. The summed E-state index contributed by atoms with van der Waals surface area (Å²) >= 11 is 0. The van der Waals surface area contributed by atoms with Crippen LogP contribution in [0.15, 0.2) is 29.1 Å². The molecule has 0 aliphatic heterocycles. The van der Waals surface area contributed by atoms with Gasteiger partial charge < -0.3 is 19.7 Å². The molecule has 0 fully saturated rings. The minimum Gasteiger partial charge on any atom is -0.494 e. The molecule has 2 aromatic rings. The van der Waals surface area contributed by atoms with Crippen molar-refractivity contribution in [2.24, 2.45) is 5.92 Å². The number of methoxy groups -OCH3 is 1. The molecule has 0 unspecified atom stereocenters. The van der Waals surface area contributed by atoms with Crippen molar-refractivity contribution in [1.82, 2.24) is 10.2 Å². The summed E-state index contributed by atoms with van der Waals surface area (Å²) in [7, 11) is 1.28. The topological polar surface area (TPSA) is 104 Å². The molecule has 1 aliphatic rings. The van der Waals surface area contributed by atoms with Crippen LogP contribution in [0.1, 0.15) is 36.6 Å². The van der Waals surface area contributed by atoms with Crippen molar-refractivity contribution in [3.63, 3.8) is 0 Å². The largest absolute Gasteiger partial charge is 0.494 e. The van der Waals surface area contributed by atoms with Gasteiger partial charge in [0.05, 0.1) is 25.2 Å². The van der Waals surface area contributed by atoms with Crippen LogP contribution in [0.25, 0.3) is 0 Å². The maximum atomic E-state index is 12.4. The minimum absolute atomic E-state index is 0.161. The molecule has 3 N–H and O–H groups in total. The highest BCUT2D eigenvalue weighted by Gasteiger charge is 2.51. The van der Waals surface area contributed by atoms with E-state index in [0.29, 0.717) is 23.6 Å². The lowest BCUT2D eigenvalue weighted by atomic mass is 9.66. The first-order valence-electron chi connectivity index (χ1n) is 8.21. The number of benzene rings is 1. The number of hydrogen-bond acceptors (Lipinski definition) is 5. The fourth-order valence-corrected chi connectivity index (χ4v) is 3.68. The molecule has 0 saturated heterocycles. The summed E-state index contributed by atoms with van der Waals surface area (Å²) in [6.07, 6.45) is 0.161. The van der Waals surface area contributed by atoms with Gasteiger partial charge in [-0.1, -0.05) is 12.1 Å². The highest BCUT2D eigenvalue weighted by molar-refractivity contribution is 5.77. The highest BCUT2D eigenvalue weighted by atomic mass is 16.5. The third-order valence-corrected chi connectivity index (χ3v) is 4.75. The lowest BCUT2D eigenvalue weighted by Crippen LogP contribution is -2.49. The fourth-order valence-electron chi connectivity index (χ4n) is 3.68. The zero-order valence-corrected chi connectivity index (χ0v) is 14.5. The maximum Gasteiger partial charge on any atom is 0.312 e. The number of esters is 1. The zero-order valence-electron chi connectivity index (χ0n) is 14.5. The summed E-state index contributed by atoms with van der Waals surface area (Å²) in [5.74, 6) is -1.35. The Balaban J connectivity index is 2.15. The van der Waals surface area contributed by atoms with Crippen molar-refractivity contribution in [2.75, 3.05) is 13.7 Å². The summed E-state index contributed by atoms with van der Waals surface area (Å²) in [5.41, 5.74) is 0.165. The number of nitrogens with one attached hydrogen (secondary N) is 2. The molecule has 3 rings (SSSR count). The van der Waals surface area contributed by atoms with E-state index in [-0.39, 0.29) is 12.0 Å². The number of aliphatic hydroxyl groups is 1. The lowest BCUT2D eigenvalue weighted by molar-refractivity contribution is -0.156. The van der Waals surface area contributed by atoms with Gasteiger partial charge in [-0.2, -0.15) is 0 Å². The molecule has 0 saturated carbocycles. The number of rotatable bonds is 4. The first-order chi connectivity index (χ1) is 11.9. The second-order valence-corrected chi connectivity index (χ2v) is 6.49. The zero-order chi connectivity index (χ0) is 18.2. The van der Waals surface area contributed by atoms with Crippen LogP contribution < -0.4 is 10.3 Å². The van der Waals surface area contributed by atoms with Gasteiger partial charge in [-0.15, -0.1) is 0 Å². The molecule has 134 valence electrons. The van der Waals surface area contributed by atoms with E-state index >= 15 is 0 Å². The van der Waals surface area contributed by atoms with E-state index in [0.717, 1.165) is 5.56 Å². The fraction of sp³-hybridized carbons (Fsp3) is 0.444. The molecule has 7 nitrogen and oxygen atoms in total. The standard InChI is InChI=1S/C18H22N2O5/c1-4-25-11-7-5-10(6-8-11)13-14-12(19-20-16(14)21)9-18(2,23)15(13)17(22)24-3/h5-8,13,15,23H,4,9H2,1-3H3,(H2,19,20,21)/t13-,15-,18-/m1/s1. The van der Waals surface area contributed by atoms with Crippen molar-refractivity contribution in [3.05, 3.63) is 51.4 Å². The van der Waals surface area contributed by atoms with Crippen LogP contribution in [0, 0.1) is 5.92 Å². The van der Waals surface area contributed by atoms with E-state index in [9.17, 15) is 14.7 Å². The van der Waals surface area contributed by atoms with E-state index in [4.69, 9.17) is 9.47 Å². The SMILES string of the molecule is CCOc1ccc([C@@H]2c3c([nH][nH]c3=O)C[C@@](C)(O)[C@H]2C(=O)OC)cc1. The minimum atomic E-state index is -1.35. The first-order valence-corrected chi connectivity index (χ1v) is 8.21. The van der Waals surface area contributed by atoms with Crippen LogP contribution >= 0.6 is 0 Å². The Morgan fingerprint density at radius 2 is 2.00 bits per heavy atom. The molecule has 25 heavy (non-hydrogen) atoms. The molecule has 0 radical (unpaired) electrons. The molecule has 1 aliphatic carbocycles. The Morgan fingerprint density at radius 1 is 1.32 bits per heavy atom. The summed E-state index contributed by atoms with van der Waals surface area (Å²) in [5, 5.41) is 16.3. The number of carbonyl (C=O) groups is 1. The number of aromatic amines is 2. The quantitative estimate of drug-likeness (QED) is 0.725. The van der Waals surface area contributed by atoms with Gasteiger partial charge in [-0.25, -0.2) is 0 Å². The molecule has 0 amide bonds. The molecule has 7 heteroatoms. The molecule has 1 aromatic heterocycles. The molecular formula is C18H22N2O5. The van der Waals surface area contributed by atoms with Crippen LogP contribution in [0.2, 0.25) is 0 Å². The van der Waals surface area contributed by atoms with Crippen molar-refractivity contribution < 1.29 is 19.4 Å². The number of aromatic nitrogens is 2. The summed E-state index contributed by atoms with van der Waals surface area (Å²) in [4.78, 5) is 24.8. The van der Waals surface area contributed by atoms with Gasteiger partial charge in [0.25, 0.3) is 5.56 Å². The van der Waals surface area contributed by atoms with Gasteiger partial charge in [0.2, 0.25) is 0 Å². The lowest BCUT2D eigenvalue weighted by Gasteiger charge is -2.40. The summed E-state index contributed by atoms with van der Waals surface area (Å²) < 4.78 is 10.4. The van der Waals surface area contributed by atoms with E-state index in [2.05, 4.69) is 10.2 Å². The van der Waals surface area contributed by atoms with Gasteiger partial charge in [-0.05, 0) is 31.5 Å². The van der Waals surface area contributed by atoms with Crippen LogP contribution in [0.4, 0.5) is 0 Å². The Bertz CT molecular complexity index is 819. The average Bonchev–Trinajstić information content (AvgIpc) is 2.93. The smallest absolute Gasteiger partial charge is 0.312 e. The molecule has 0 bridgehead atoms. The van der Waals surface area contributed by atoms with Crippen molar-refractivity contribution in [1.29, 1.82) is 0 Å². The second kappa shape index (κ2) is 6.40. The van der Waals surface area contributed by atoms with E-state index in [1.807, 2.05) is 19.1 Å². The molecule has 1 heterocycles. The van der Waals surface area contributed by atoms with Gasteiger partial charge in [-0.3, -0.25) is 14.7 Å². The number of fused-ring (bicyclic) bond motifs is 1. The van der Waals surface area contributed by atoms with E-state index < -0.39 is 23.4 Å². The van der Waals surface area contributed by atoms with E-state index in [1.165, 1.54) is 7.11 Å². The predicted octanol–water partition coefficient (Wildman–Crippen LogP) is 1.33. The van der Waals surface area contributed by atoms with Crippen LogP contribution in [0.3, 0.4) is 0 Å². The summed E-state index contributed by atoms with van der Waals surface area (Å²) in [6, 6.07) is 7.19. The van der Waals surface area contributed by atoms with E-state index in [1.54, 1.807) is 19.1 Å². The number of hydrogen-bond donors (Lipinski definition) is 3. The molecular weight excluding hydrogens is 324 g/mol. The summed E-state index contributed by atoms with van der Waals surface area (Å²) in [6.45, 7) is 4.03. The maximum absolute atomic E-state index is 12.4. The van der Waals surface area contributed by atoms with Crippen molar-refractivity contribution in [2.45, 2.75) is 31.8 Å². The van der Waals surface area contributed by atoms with Gasteiger partial charge in [0.15, 0.2) is 0 Å². The third-order valence-electron chi connectivity index (χ3n) is 4.75. The Labute approximate surface area is 145 Å². The van der Waals surface area contributed by atoms with Gasteiger partial charge in [0, 0.05) is 23.6 Å². The second-order valence-electron chi connectivity index (χ2n) is 6.49. The van der Waals surface area contributed by atoms with Crippen LogP contribution in [0.5, 0.6) is 5.75 Å². The van der Waals surface area contributed by atoms with Crippen LogP contribution in [-0.2, 0) is 16.0 Å². The Kier molecular flexibility index (Phi) is 4.43. The highest BCUT2D eigenvalue weighted by Crippen LogP contribution is 2.44. The first kappa shape index (κ1) is 17.3. The van der Waals surface area contributed by atoms with Gasteiger partial charge >= 0.3 is 5.97 Å². The molecule has 1 aromatic carbocycles. The predicted molar refractivity (Wildman–Crippen MR) is 90.7 cm³/mol. The Morgan fingerprint density at radius 3 is 2.60 bits per heavy atom. The van der Waals surface area contributed by atoms with Crippen molar-refractivity contribution in [3.8, 4) is 5.75 Å². The Hall–Kier alpha value is -2.54. The molecule has 0 spiro atoms. The van der Waals surface area contributed by atoms with Crippen molar-refractivity contribution >= 4 is 5.97 Å². The monoisotopic (exact) mass is 346 g/mol. The number of ether oxygens (including phenoxy) is 2. The third kappa shape index (κ3) is 2.95. The van der Waals surface area contributed by atoms with Gasteiger partial charge in [0.1, 0.15) is 5.75 Å². The molecule has 3 atom stereocenters. The van der Waals surface area contributed by atoms with Crippen LogP contribution in [-0.4, -0.2) is 40.6 Å². The number of carbonyl (C=O) groups excluding carboxylic acids is 1. The average molecular weight is 346 g/mol.